The van der Waals surface area contributed by atoms with Crippen molar-refractivity contribution in [1.82, 2.24) is 5.32 Å². The Kier molecular flexibility index (Phi) is 7.67. The van der Waals surface area contributed by atoms with Crippen LogP contribution in [-0.4, -0.2) is 29.9 Å². The van der Waals surface area contributed by atoms with E-state index in [1.807, 2.05) is 7.05 Å². The maximum atomic E-state index is 11.1. The molecule has 0 aromatic heterocycles. The summed E-state index contributed by atoms with van der Waals surface area (Å²) in [5.41, 5.74) is -0.275. The van der Waals surface area contributed by atoms with Gasteiger partial charge in [0.2, 0.25) is 0 Å². The summed E-state index contributed by atoms with van der Waals surface area (Å²) < 4.78 is 0. The van der Waals surface area contributed by atoms with E-state index in [1.54, 1.807) is 20.8 Å². The van der Waals surface area contributed by atoms with E-state index in [2.05, 4.69) is 5.32 Å². The molecule has 104 valence electrons. The Bertz CT molecular complexity index is 265. The minimum absolute atomic E-state index is 0.139. The summed E-state index contributed by atoms with van der Waals surface area (Å²) >= 11 is 0. The Morgan fingerprint density at radius 3 is 1.22 bits per heavy atom. The van der Waals surface area contributed by atoms with Gasteiger partial charge in [0.15, 0.2) is 0 Å². The summed E-state index contributed by atoms with van der Waals surface area (Å²) in [5, 5.41) is 3.22. The highest BCUT2D eigenvalue weighted by Crippen LogP contribution is 2.25. The summed E-state index contributed by atoms with van der Waals surface area (Å²) in [6.45, 7) is 4.70. The Balaban J connectivity index is 4.63. The van der Waals surface area contributed by atoms with Crippen molar-refractivity contribution < 1.29 is 14.4 Å². The predicted molar refractivity (Wildman–Crippen MR) is 71.5 cm³/mol. The summed E-state index contributed by atoms with van der Waals surface area (Å²) in [6.07, 6.45) is 3.49. The fourth-order valence-electron chi connectivity index (χ4n) is 2.00. The number of hydrogen-bond donors (Lipinski definition) is 1. The van der Waals surface area contributed by atoms with Crippen LogP contribution < -0.4 is 5.32 Å². The quantitative estimate of drug-likeness (QED) is 0.649. The average Bonchev–Trinajstić information content (AvgIpc) is 2.28. The van der Waals surface area contributed by atoms with Gasteiger partial charge in [-0.1, -0.05) is 0 Å². The molecule has 0 rings (SSSR count). The van der Waals surface area contributed by atoms with Crippen LogP contribution in [0.15, 0.2) is 0 Å². The topological polar surface area (TPSA) is 63.2 Å². The van der Waals surface area contributed by atoms with Crippen LogP contribution in [0.1, 0.15) is 59.3 Å². The van der Waals surface area contributed by atoms with Crippen LogP contribution >= 0.6 is 0 Å². The maximum absolute atomic E-state index is 11.1. The second-order valence-electron chi connectivity index (χ2n) is 5.14. The summed E-state index contributed by atoms with van der Waals surface area (Å²) in [6, 6.07) is 0. The van der Waals surface area contributed by atoms with E-state index < -0.39 is 0 Å². The number of nitrogens with one attached hydrogen (secondary N) is 1. The molecule has 0 spiro atoms. The Morgan fingerprint density at radius 1 is 0.778 bits per heavy atom. The normalized spacial score (nSPS) is 11.3. The van der Waals surface area contributed by atoms with Crippen molar-refractivity contribution in [2.24, 2.45) is 0 Å². The third kappa shape index (κ3) is 7.33. The van der Waals surface area contributed by atoms with Crippen LogP contribution in [0.3, 0.4) is 0 Å². The van der Waals surface area contributed by atoms with E-state index in [1.165, 1.54) is 0 Å². The minimum atomic E-state index is -0.275. The molecule has 0 amide bonds. The largest absolute Gasteiger partial charge is 0.314 e. The second kappa shape index (κ2) is 8.14. The van der Waals surface area contributed by atoms with Crippen molar-refractivity contribution >= 4 is 17.3 Å². The summed E-state index contributed by atoms with van der Waals surface area (Å²) in [4.78, 5) is 33.4. The smallest absolute Gasteiger partial charge is 0.129 e. The fraction of sp³-hybridized carbons (Fsp3) is 0.786. The standard InChI is InChI=1S/C14H25NO3/c1-11(16)5-8-14(15-4,9-6-12(2)17)10-7-13(3)18/h15H,5-10H2,1-4H3. The van der Waals surface area contributed by atoms with E-state index in [0.29, 0.717) is 38.5 Å². The fourth-order valence-corrected chi connectivity index (χ4v) is 2.00. The number of Topliss-reactive ketones (excluding diaryl/α,β-unsaturated/α-hetero) is 3. The van der Waals surface area contributed by atoms with Gasteiger partial charge in [-0.25, -0.2) is 0 Å². The SMILES string of the molecule is CNC(CCC(C)=O)(CCC(C)=O)CCC(C)=O. The van der Waals surface area contributed by atoms with Crippen LogP contribution in [0, 0.1) is 0 Å². The molecule has 0 aliphatic carbocycles. The molecule has 0 saturated heterocycles. The van der Waals surface area contributed by atoms with Crippen molar-refractivity contribution in [2.45, 2.75) is 64.8 Å². The minimum Gasteiger partial charge on any atom is -0.314 e. The molecule has 0 atom stereocenters. The first kappa shape index (κ1) is 17.0. The van der Waals surface area contributed by atoms with E-state index in [-0.39, 0.29) is 22.9 Å². The van der Waals surface area contributed by atoms with Crippen LogP contribution in [0.4, 0.5) is 0 Å². The average molecular weight is 255 g/mol. The lowest BCUT2D eigenvalue weighted by Gasteiger charge is -2.33. The molecule has 4 nitrogen and oxygen atoms in total. The monoisotopic (exact) mass is 255 g/mol. The predicted octanol–water partition coefficient (Wildman–Crippen LogP) is 2.05. The highest BCUT2D eigenvalue weighted by atomic mass is 16.1. The van der Waals surface area contributed by atoms with Gasteiger partial charge in [-0.2, -0.15) is 0 Å². The molecule has 0 radical (unpaired) electrons. The molecule has 0 aliphatic rings. The van der Waals surface area contributed by atoms with Gasteiger partial charge < -0.3 is 19.7 Å². The third-order valence-electron chi connectivity index (χ3n) is 3.40. The van der Waals surface area contributed by atoms with Gasteiger partial charge in [-0.3, -0.25) is 0 Å². The molecule has 1 N–H and O–H groups in total. The maximum Gasteiger partial charge on any atom is 0.129 e. The lowest BCUT2D eigenvalue weighted by molar-refractivity contribution is -0.117. The van der Waals surface area contributed by atoms with E-state index >= 15 is 0 Å². The van der Waals surface area contributed by atoms with Crippen molar-refractivity contribution in [2.75, 3.05) is 7.05 Å². The second-order valence-corrected chi connectivity index (χ2v) is 5.14. The van der Waals surface area contributed by atoms with Crippen LogP contribution in [0.5, 0.6) is 0 Å². The number of carbonyl (C=O) groups is 3. The summed E-state index contributed by atoms with van der Waals surface area (Å²) in [7, 11) is 1.83. The van der Waals surface area contributed by atoms with Crippen LogP contribution in [0.2, 0.25) is 0 Å². The number of rotatable bonds is 10. The van der Waals surface area contributed by atoms with Crippen molar-refractivity contribution in [3.63, 3.8) is 0 Å². The molecular formula is C14H25NO3. The molecule has 0 saturated carbocycles. The van der Waals surface area contributed by atoms with Gasteiger partial charge in [0, 0.05) is 24.8 Å². The Labute approximate surface area is 110 Å². The van der Waals surface area contributed by atoms with Gasteiger partial charge in [-0.05, 0) is 47.1 Å². The number of hydrogen-bond acceptors (Lipinski definition) is 4. The molecule has 0 heterocycles. The van der Waals surface area contributed by atoms with Gasteiger partial charge in [0.1, 0.15) is 17.3 Å². The molecular weight excluding hydrogens is 230 g/mol. The molecule has 4 heteroatoms. The zero-order chi connectivity index (χ0) is 14.2. The van der Waals surface area contributed by atoms with Crippen molar-refractivity contribution in [3.8, 4) is 0 Å². The molecule has 0 aromatic carbocycles. The van der Waals surface area contributed by atoms with Gasteiger partial charge >= 0.3 is 0 Å². The first-order valence-corrected chi connectivity index (χ1v) is 6.48. The number of ketones is 3. The molecule has 0 bridgehead atoms. The van der Waals surface area contributed by atoms with E-state index in [4.69, 9.17) is 0 Å². The zero-order valence-electron chi connectivity index (χ0n) is 12.0. The third-order valence-corrected chi connectivity index (χ3v) is 3.40. The molecule has 18 heavy (non-hydrogen) atoms. The van der Waals surface area contributed by atoms with Gasteiger partial charge in [-0.15, -0.1) is 0 Å². The Hall–Kier alpha value is -1.03. The first-order valence-electron chi connectivity index (χ1n) is 6.48. The summed E-state index contributed by atoms with van der Waals surface area (Å²) in [5.74, 6) is 0.417. The van der Waals surface area contributed by atoms with Crippen LogP contribution in [-0.2, 0) is 14.4 Å². The van der Waals surface area contributed by atoms with Gasteiger partial charge in [0.05, 0.1) is 0 Å². The highest BCUT2D eigenvalue weighted by Gasteiger charge is 2.28. The highest BCUT2D eigenvalue weighted by molar-refractivity contribution is 5.77. The van der Waals surface area contributed by atoms with Gasteiger partial charge in [0.25, 0.3) is 0 Å². The van der Waals surface area contributed by atoms with Crippen molar-refractivity contribution in [3.05, 3.63) is 0 Å². The first-order chi connectivity index (χ1) is 8.31. The molecule has 0 fully saturated rings. The molecule has 0 aromatic rings. The number of carbonyl (C=O) groups excluding carboxylic acids is 3. The van der Waals surface area contributed by atoms with Crippen molar-refractivity contribution in [1.29, 1.82) is 0 Å². The van der Waals surface area contributed by atoms with E-state index in [9.17, 15) is 14.4 Å². The molecule has 0 unspecified atom stereocenters. The zero-order valence-corrected chi connectivity index (χ0v) is 12.0. The van der Waals surface area contributed by atoms with E-state index in [0.717, 1.165) is 0 Å². The lowest BCUT2D eigenvalue weighted by Crippen LogP contribution is -2.44. The lowest BCUT2D eigenvalue weighted by atomic mass is 9.82. The molecule has 0 aliphatic heterocycles. The Morgan fingerprint density at radius 2 is 1.06 bits per heavy atom. The van der Waals surface area contributed by atoms with Crippen LogP contribution in [0.25, 0.3) is 0 Å².